The fraction of sp³-hybridized carbons (Fsp3) is 0.778. The van der Waals surface area contributed by atoms with Crippen molar-refractivity contribution >= 4 is 24.8 Å². The Labute approximate surface area is 90.3 Å². The summed E-state index contributed by atoms with van der Waals surface area (Å²) in [5, 5.41) is 2.02. The molecule has 0 aromatic carbocycles. The first-order chi connectivity index (χ1) is 6.33. The van der Waals surface area contributed by atoms with E-state index in [0.717, 1.165) is 12.2 Å². The van der Waals surface area contributed by atoms with E-state index in [9.17, 15) is 0 Å². The lowest BCUT2D eigenvalue weighted by atomic mass is 10.1. The Morgan fingerprint density at radius 2 is 2.15 bits per heavy atom. The van der Waals surface area contributed by atoms with Gasteiger partial charge in [-0.2, -0.15) is 0 Å². The molecule has 76 valence electrons. The van der Waals surface area contributed by atoms with Gasteiger partial charge in [0.1, 0.15) is 5.76 Å². The highest BCUT2D eigenvalue weighted by molar-refractivity contribution is 8.07. The monoisotopic (exact) mass is 219 g/mol. The molecule has 13 heavy (non-hydrogen) atoms. The summed E-state index contributed by atoms with van der Waals surface area (Å²) in [7, 11) is 0. The van der Waals surface area contributed by atoms with E-state index in [0.29, 0.717) is 0 Å². The molecule has 0 aliphatic carbocycles. The summed E-state index contributed by atoms with van der Waals surface area (Å²) >= 11 is 5.54. The maximum atomic E-state index is 5.29. The van der Waals surface area contributed by atoms with Crippen LogP contribution in [-0.4, -0.2) is 3.87 Å². The Hall–Kier alpha value is 0.200. The van der Waals surface area contributed by atoms with Gasteiger partial charge in [0.25, 0.3) is 0 Å². The van der Waals surface area contributed by atoms with Crippen LogP contribution >= 0.6 is 24.8 Å². The molecule has 0 saturated heterocycles. The summed E-state index contributed by atoms with van der Waals surface area (Å²) in [6.07, 6.45) is 7.60. The van der Waals surface area contributed by atoms with Crippen LogP contribution in [0.4, 0.5) is 0 Å². The fourth-order valence-corrected chi connectivity index (χ4v) is 2.01. The Bertz CT molecular complexity index is 173. The number of nitrogens with zero attached hydrogens (tertiary/aromatic N) is 1. The van der Waals surface area contributed by atoms with Crippen molar-refractivity contribution in [3.8, 4) is 0 Å². The van der Waals surface area contributed by atoms with Gasteiger partial charge in [-0.3, -0.25) is 0 Å². The molecule has 2 nitrogen and oxygen atoms in total. The minimum atomic E-state index is 1.05. The van der Waals surface area contributed by atoms with Crippen molar-refractivity contribution in [2.75, 3.05) is 0 Å². The normalized spacial score (nSPS) is 17.2. The second kappa shape index (κ2) is 6.62. The predicted molar refractivity (Wildman–Crippen MR) is 61.0 cm³/mol. The maximum absolute atomic E-state index is 5.29. The van der Waals surface area contributed by atoms with E-state index in [2.05, 4.69) is 19.7 Å². The van der Waals surface area contributed by atoms with Crippen LogP contribution in [-0.2, 0) is 4.84 Å². The molecule has 1 aliphatic heterocycles. The molecule has 0 amide bonds. The van der Waals surface area contributed by atoms with Crippen LogP contribution in [0.3, 0.4) is 0 Å². The van der Waals surface area contributed by atoms with Gasteiger partial charge in [-0.15, -0.1) is 0 Å². The molecule has 0 aromatic rings. The third kappa shape index (κ3) is 4.84. The van der Waals surface area contributed by atoms with Crippen LogP contribution in [0.15, 0.2) is 11.2 Å². The second-order valence-electron chi connectivity index (χ2n) is 3.18. The van der Waals surface area contributed by atoms with Crippen molar-refractivity contribution in [2.45, 2.75) is 45.4 Å². The highest BCUT2D eigenvalue weighted by atomic mass is 32.2. The molecule has 1 rings (SSSR count). The number of thiol groups is 1. The molecule has 0 fully saturated rings. The predicted octanol–water partition coefficient (Wildman–Crippen LogP) is 3.93. The van der Waals surface area contributed by atoms with Gasteiger partial charge in [0.15, 0.2) is 0 Å². The highest BCUT2D eigenvalue weighted by Crippen LogP contribution is 2.29. The standard InChI is InChI=1S/C9H17NOS2/c1-2-3-4-5-6-7-9-8-13-10(12)11-9/h8,12H,2-7H2,1H3. The van der Waals surface area contributed by atoms with Crippen molar-refractivity contribution in [1.82, 2.24) is 3.87 Å². The molecule has 0 saturated carbocycles. The molecular formula is C9H17NOS2. The van der Waals surface area contributed by atoms with Crippen LogP contribution in [0.25, 0.3) is 0 Å². The Morgan fingerprint density at radius 3 is 2.77 bits per heavy atom. The van der Waals surface area contributed by atoms with Crippen molar-refractivity contribution in [2.24, 2.45) is 0 Å². The van der Waals surface area contributed by atoms with E-state index >= 15 is 0 Å². The SMILES string of the molecule is CCCCCCCC1=CSN(S)O1. The first-order valence-electron chi connectivity index (χ1n) is 4.85. The van der Waals surface area contributed by atoms with E-state index in [-0.39, 0.29) is 0 Å². The summed E-state index contributed by atoms with van der Waals surface area (Å²) in [6, 6.07) is 0. The number of rotatable bonds is 6. The van der Waals surface area contributed by atoms with Crippen LogP contribution < -0.4 is 0 Å². The first-order valence-corrected chi connectivity index (χ1v) is 6.09. The van der Waals surface area contributed by atoms with Gasteiger partial charge in [-0.1, -0.05) is 32.6 Å². The number of allylic oxidation sites excluding steroid dienone is 1. The molecule has 1 heterocycles. The zero-order valence-corrected chi connectivity index (χ0v) is 9.74. The lowest BCUT2D eigenvalue weighted by molar-refractivity contribution is 0.0703. The lowest BCUT2D eigenvalue weighted by Crippen LogP contribution is -1.95. The number of hydrogen-bond donors (Lipinski definition) is 1. The second-order valence-corrected chi connectivity index (χ2v) is 4.59. The van der Waals surface area contributed by atoms with Gasteiger partial charge in [0.2, 0.25) is 0 Å². The van der Waals surface area contributed by atoms with Gasteiger partial charge in [0, 0.05) is 23.8 Å². The largest absolute Gasteiger partial charge is 0.388 e. The smallest absolute Gasteiger partial charge is 0.134 e. The summed E-state index contributed by atoms with van der Waals surface area (Å²) in [4.78, 5) is 5.29. The topological polar surface area (TPSA) is 12.5 Å². The fourth-order valence-electron chi connectivity index (χ4n) is 1.25. The molecule has 0 radical (unpaired) electrons. The molecule has 0 N–H and O–H groups in total. The van der Waals surface area contributed by atoms with Crippen molar-refractivity contribution < 1.29 is 4.84 Å². The van der Waals surface area contributed by atoms with E-state index in [1.807, 2.05) is 5.41 Å². The molecule has 0 spiro atoms. The highest BCUT2D eigenvalue weighted by Gasteiger charge is 2.12. The molecular weight excluding hydrogens is 202 g/mol. The van der Waals surface area contributed by atoms with E-state index in [4.69, 9.17) is 4.84 Å². The lowest BCUT2D eigenvalue weighted by Gasteiger charge is -2.06. The van der Waals surface area contributed by atoms with Gasteiger partial charge >= 0.3 is 0 Å². The summed E-state index contributed by atoms with van der Waals surface area (Å²) in [5.74, 6) is 1.05. The summed E-state index contributed by atoms with van der Waals surface area (Å²) in [6.45, 7) is 2.23. The zero-order chi connectivity index (χ0) is 9.52. The van der Waals surface area contributed by atoms with Gasteiger partial charge in [0.05, 0.1) is 0 Å². The van der Waals surface area contributed by atoms with Crippen LogP contribution in [0.2, 0.25) is 0 Å². The maximum Gasteiger partial charge on any atom is 0.134 e. The summed E-state index contributed by atoms with van der Waals surface area (Å²) < 4.78 is 1.49. The Kier molecular flexibility index (Phi) is 5.75. The third-order valence-electron chi connectivity index (χ3n) is 2.00. The minimum absolute atomic E-state index is 1.05. The number of unbranched alkanes of at least 4 members (excludes halogenated alkanes) is 4. The molecule has 1 aliphatic rings. The minimum Gasteiger partial charge on any atom is -0.388 e. The molecule has 0 aromatic heterocycles. The van der Waals surface area contributed by atoms with Crippen molar-refractivity contribution in [1.29, 1.82) is 0 Å². The van der Waals surface area contributed by atoms with E-state index in [1.54, 1.807) is 0 Å². The quantitative estimate of drug-likeness (QED) is 0.413. The van der Waals surface area contributed by atoms with Gasteiger partial charge in [-0.25, -0.2) is 0 Å². The average Bonchev–Trinajstić information content (AvgIpc) is 2.51. The average molecular weight is 219 g/mol. The van der Waals surface area contributed by atoms with Crippen LogP contribution in [0.5, 0.6) is 0 Å². The molecule has 0 unspecified atom stereocenters. The third-order valence-corrected chi connectivity index (χ3v) is 2.98. The van der Waals surface area contributed by atoms with E-state index < -0.39 is 0 Å². The molecule has 4 heteroatoms. The Balaban J connectivity index is 1.94. The molecule has 0 bridgehead atoms. The number of hydrogen-bond acceptors (Lipinski definition) is 4. The van der Waals surface area contributed by atoms with Crippen molar-refractivity contribution in [3.63, 3.8) is 0 Å². The van der Waals surface area contributed by atoms with E-state index in [1.165, 1.54) is 47.9 Å². The van der Waals surface area contributed by atoms with Crippen LogP contribution in [0, 0.1) is 0 Å². The Morgan fingerprint density at radius 1 is 1.38 bits per heavy atom. The summed E-state index contributed by atoms with van der Waals surface area (Å²) in [5.41, 5.74) is 0. The zero-order valence-electron chi connectivity index (χ0n) is 8.03. The van der Waals surface area contributed by atoms with Crippen LogP contribution in [0.1, 0.15) is 45.4 Å². The van der Waals surface area contributed by atoms with Gasteiger partial charge < -0.3 is 4.84 Å². The van der Waals surface area contributed by atoms with Gasteiger partial charge in [-0.05, 0) is 23.1 Å². The molecule has 0 atom stereocenters. The first kappa shape index (κ1) is 11.3. The van der Waals surface area contributed by atoms with Crippen molar-refractivity contribution in [3.05, 3.63) is 11.2 Å².